The second-order valence-electron chi connectivity index (χ2n) is 4.31. The largest absolute Gasteiger partial charge is 0.353 e. The van der Waals surface area contributed by atoms with Crippen LogP contribution in [-0.4, -0.2) is 29.5 Å². The molecule has 4 N–H and O–H groups in total. The molecule has 86 valence electrons. The maximum Gasteiger partial charge on any atom is 0.206 e. The fourth-order valence-corrected chi connectivity index (χ4v) is 2.95. The first kappa shape index (κ1) is 11.1. The van der Waals surface area contributed by atoms with Gasteiger partial charge in [-0.1, -0.05) is 6.42 Å². The number of guanidine groups is 1. The average molecular weight is 228 g/mol. The molecule has 0 radical (unpaired) electrons. The van der Waals surface area contributed by atoms with Gasteiger partial charge in [0.2, 0.25) is 5.96 Å². The summed E-state index contributed by atoms with van der Waals surface area (Å²) in [6.45, 7) is 0. The van der Waals surface area contributed by atoms with Crippen molar-refractivity contribution in [2.75, 3.05) is 6.26 Å². The van der Waals surface area contributed by atoms with Crippen LogP contribution in [0.5, 0.6) is 0 Å². The molecule has 0 aromatic heterocycles. The van der Waals surface area contributed by atoms with E-state index in [0.29, 0.717) is 17.3 Å². The van der Waals surface area contributed by atoms with Gasteiger partial charge in [0, 0.05) is 11.3 Å². The normalized spacial score (nSPS) is 31.7. The van der Waals surface area contributed by atoms with E-state index in [1.54, 1.807) is 0 Å². The van der Waals surface area contributed by atoms with Crippen molar-refractivity contribution in [1.29, 1.82) is 0 Å². The molecular formula is C10H20N4S. The second-order valence-corrected chi connectivity index (χ2v) is 5.39. The maximum absolute atomic E-state index is 5.46. The van der Waals surface area contributed by atoms with E-state index < -0.39 is 0 Å². The number of hydrogen-bond acceptors (Lipinski definition) is 3. The summed E-state index contributed by atoms with van der Waals surface area (Å²) in [5.41, 5.74) is 2.67. The summed E-state index contributed by atoms with van der Waals surface area (Å²) >= 11 is 1.92. The van der Waals surface area contributed by atoms with Crippen molar-refractivity contribution in [2.45, 2.75) is 49.4 Å². The summed E-state index contributed by atoms with van der Waals surface area (Å²) in [4.78, 5) is 4.68. The molecule has 2 atom stereocenters. The molecule has 0 aromatic rings. The van der Waals surface area contributed by atoms with Crippen molar-refractivity contribution in [3.63, 3.8) is 0 Å². The van der Waals surface area contributed by atoms with Gasteiger partial charge in [-0.3, -0.25) is 5.43 Å². The van der Waals surface area contributed by atoms with Gasteiger partial charge in [-0.2, -0.15) is 11.8 Å². The maximum atomic E-state index is 5.46. The number of aliphatic imine (C=N–C) groups is 1. The third kappa shape index (κ3) is 3.01. The molecule has 0 aliphatic heterocycles. The number of nitrogens with one attached hydrogen (secondary N) is 2. The number of hydrazine groups is 1. The van der Waals surface area contributed by atoms with Gasteiger partial charge in [-0.15, -0.1) is 0 Å². The number of rotatable bonds is 3. The van der Waals surface area contributed by atoms with Gasteiger partial charge in [-0.05, 0) is 31.9 Å². The van der Waals surface area contributed by atoms with Gasteiger partial charge in [-0.25, -0.2) is 10.8 Å². The summed E-state index contributed by atoms with van der Waals surface area (Å²) < 4.78 is 0. The highest BCUT2D eigenvalue weighted by molar-refractivity contribution is 7.99. The van der Waals surface area contributed by atoms with E-state index in [0.717, 1.165) is 5.96 Å². The molecule has 0 amide bonds. The lowest BCUT2D eigenvalue weighted by molar-refractivity contribution is 0.695. The zero-order valence-corrected chi connectivity index (χ0v) is 10.0. The predicted octanol–water partition coefficient (Wildman–Crippen LogP) is 0.842. The minimum Gasteiger partial charge on any atom is -0.353 e. The highest BCUT2D eigenvalue weighted by Crippen LogP contribution is 2.30. The van der Waals surface area contributed by atoms with Crippen molar-refractivity contribution in [1.82, 2.24) is 10.7 Å². The highest BCUT2D eigenvalue weighted by Gasteiger charge is 2.27. The molecule has 2 rings (SSSR count). The van der Waals surface area contributed by atoms with Crippen LogP contribution in [0, 0.1) is 0 Å². The minimum absolute atomic E-state index is 0.442. The molecular weight excluding hydrogens is 208 g/mol. The summed E-state index contributed by atoms with van der Waals surface area (Å²) in [6.07, 6.45) is 8.44. The van der Waals surface area contributed by atoms with E-state index in [2.05, 4.69) is 22.0 Å². The highest BCUT2D eigenvalue weighted by atomic mass is 32.2. The van der Waals surface area contributed by atoms with Crippen LogP contribution < -0.4 is 16.6 Å². The monoisotopic (exact) mass is 228 g/mol. The molecule has 2 aliphatic rings. The Morgan fingerprint density at radius 1 is 1.33 bits per heavy atom. The SMILES string of the molecule is CSC1CCCC1N=C(NN)NC1CC1. The van der Waals surface area contributed by atoms with Crippen molar-refractivity contribution in [2.24, 2.45) is 10.8 Å². The zero-order chi connectivity index (χ0) is 10.7. The zero-order valence-electron chi connectivity index (χ0n) is 9.20. The van der Waals surface area contributed by atoms with Gasteiger partial charge < -0.3 is 5.32 Å². The van der Waals surface area contributed by atoms with Crippen molar-refractivity contribution in [3.8, 4) is 0 Å². The summed E-state index contributed by atoms with van der Waals surface area (Å²) in [5.74, 6) is 6.24. The Kier molecular flexibility index (Phi) is 3.75. The van der Waals surface area contributed by atoms with Crippen LogP contribution in [0.15, 0.2) is 4.99 Å². The third-order valence-electron chi connectivity index (χ3n) is 3.07. The van der Waals surface area contributed by atoms with Gasteiger partial charge in [0.05, 0.1) is 6.04 Å². The van der Waals surface area contributed by atoms with Crippen LogP contribution in [0.25, 0.3) is 0 Å². The second kappa shape index (κ2) is 5.07. The lowest BCUT2D eigenvalue weighted by Gasteiger charge is -2.16. The van der Waals surface area contributed by atoms with Crippen LogP contribution in [0.3, 0.4) is 0 Å². The first-order valence-electron chi connectivity index (χ1n) is 5.67. The van der Waals surface area contributed by atoms with E-state index in [1.807, 2.05) is 11.8 Å². The third-order valence-corrected chi connectivity index (χ3v) is 4.23. The average Bonchev–Trinajstić information content (AvgIpc) is 2.95. The Morgan fingerprint density at radius 2 is 2.13 bits per heavy atom. The van der Waals surface area contributed by atoms with Crippen molar-refractivity contribution in [3.05, 3.63) is 0 Å². The van der Waals surface area contributed by atoms with Crippen LogP contribution in [0.1, 0.15) is 32.1 Å². The fourth-order valence-electron chi connectivity index (χ4n) is 2.03. The van der Waals surface area contributed by atoms with Gasteiger partial charge >= 0.3 is 0 Å². The molecule has 0 heterocycles. The first-order valence-corrected chi connectivity index (χ1v) is 6.96. The predicted molar refractivity (Wildman–Crippen MR) is 65.9 cm³/mol. The first-order chi connectivity index (χ1) is 7.33. The van der Waals surface area contributed by atoms with Crippen LogP contribution in [0.2, 0.25) is 0 Å². The number of thioether (sulfide) groups is 1. The fraction of sp³-hybridized carbons (Fsp3) is 0.900. The Morgan fingerprint density at radius 3 is 2.73 bits per heavy atom. The van der Waals surface area contributed by atoms with E-state index in [9.17, 15) is 0 Å². The molecule has 2 fully saturated rings. The molecule has 4 nitrogen and oxygen atoms in total. The van der Waals surface area contributed by atoms with Crippen LogP contribution >= 0.6 is 11.8 Å². The van der Waals surface area contributed by atoms with Crippen LogP contribution in [-0.2, 0) is 0 Å². The Labute approximate surface area is 95.4 Å². The van der Waals surface area contributed by atoms with E-state index in [1.165, 1.54) is 32.1 Å². The summed E-state index contributed by atoms with van der Waals surface area (Å²) in [6, 6.07) is 1.05. The minimum atomic E-state index is 0.442. The summed E-state index contributed by atoms with van der Waals surface area (Å²) in [7, 11) is 0. The molecule has 0 spiro atoms. The lowest BCUT2D eigenvalue weighted by Crippen LogP contribution is -2.43. The molecule has 15 heavy (non-hydrogen) atoms. The van der Waals surface area contributed by atoms with Crippen LogP contribution in [0.4, 0.5) is 0 Å². The molecule has 5 heteroatoms. The number of nitrogens with two attached hydrogens (primary N) is 1. The topological polar surface area (TPSA) is 62.4 Å². The van der Waals surface area contributed by atoms with Crippen molar-refractivity contribution < 1.29 is 0 Å². The van der Waals surface area contributed by atoms with Gasteiger partial charge in [0.1, 0.15) is 0 Å². The number of nitrogens with zero attached hydrogens (tertiary/aromatic N) is 1. The van der Waals surface area contributed by atoms with E-state index in [4.69, 9.17) is 5.84 Å². The quantitative estimate of drug-likeness (QED) is 0.290. The molecule has 2 unspecified atom stereocenters. The smallest absolute Gasteiger partial charge is 0.206 e. The van der Waals surface area contributed by atoms with E-state index in [-0.39, 0.29) is 0 Å². The Bertz CT molecular complexity index is 240. The standard InChI is InChI=1S/C10H20N4S/c1-15-9-4-2-3-8(9)13-10(14-11)12-7-5-6-7/h7-9H,2-6,11H2,1H3,(H2,12,13,14). The Hall–Kier alpha value is -0.420. The van der Waals surface area contributed by atoms with E-state index >= 15 is 0 Å². The molecule has 0 saturated heterocycles. The molecule has 2 saturated carbocycles. The lowest BCUT2D eigenvalue weighted by atomic mass is 10.3. The molecule has 0 aromatic carbocycles. The van der Waals surface area contributed by atoms with Gasteiger partial charge in [0.15, 0.2) is 0 Å². The molecule has 0 bridgehead atoms. The van der Waals surface area contributed by atoms with Crippen molar-refractivity contribution >= 4 is 17.7 Å². The van der Waals surface area contributed by atoms with Gasteiger partial charge in [0.25, 0.3) is 0 Å². The molecule has 2 aliphatic carbocycles. The Balaban J connectivity index is 1.91. The number of hydrogen-bond donors (Lipinski definition) is 3. The summed E-state index contributed by atoms with van der Waals surface area (Å²) in [5, 5.41) is 3.99.